The van der Waals surface area contributed by atoms with Crippen molar-refractivity contribution < 1.29 is 9.59 Å². The number of nitrogens with zero attached hydrogens (tertiary/aromatic N) is 1. The van der Waals surface area contributed by atoms with E-state index in [4.69, 9.17) is 23.2 Å². The minimum atomic E-state index is -0.478. The molecule has 0 aliphatic rings. The van der Waals surface area contributed by atoms with Gasteiger partial charge in [0, 0.05) is 12.6 Å². The van der Waals surface area contributed by atoms with Gasteiger partial charge in [0.15, 0.2) is 0 Å². The average molecular weight is 346 g/mol. The molecule has 0 saturated heterocycles. The van der Waals surface area contributed by atoms with E-state index in [1.165, 1.54) is 0 Å². The minimum absolute atomic E-state index is 0.0239. The van der Waals surface area contributed by atoms with Crippen LogP contribution in [0.15, 0.2) is 18.2 Å². The molecule has 3 amide bonds. The van der Waals surface area contributed by atoms with Crippen LogP contribution in [0, 0.1) is 0 Å². The predicted octanol–water partition coefficient (Wildman–Crippen LogP) is 3.05. The predicted molar refractivity (Wildman–Crippen MR) is 89.2 cm³/mol. The number of carbonyl (C=O) groups excluding carboxylic acids is 2. The van der Waals surface area contributed by atoms with Crippen LogP contribution in [-0.2, 0) is 11.3 Å². The SMILES string of the molecule is CC[C@@H](C)NC(=O)NC(=O)CN(C)Cc1cccc(Cl)c1Cl. The fourth-order valence-corrected chi connectivity index (χ4v) is 2.17. The Hall–Kier alpha value is -1.30. The Morgan fingerprint density at radius 2 is 2.00 bits per heavy atom. The van der Waals surface area contributed by atoms with Gasteiger partial charge in [0.25, 0.3) is 0 Å². The van der Waals surface area contributed by atoms with E-state index < -0.39 is 6.03 Å². The summed E-state index contributed by atoms with van der Waals surface area (Å²) in [5.41, 5.74) is 0.827. The summed E-state index contributed by atoms with van der Waals surface area (Å²) < 4.78 is 0. The first-order chi connectivity index (χ1) is 10.3. The highest BCUT2D eigenvalue weighted by atomic mass is 35.5. The van der Waals surface area contributed by atoms with Gasteiger partial charge >= 0.3 is 6.03 Å². The highest BCUT2D eigenvalue weighted by Gasteiger charge is 2.13. The van der Waals surface area contributed by atoms with E-state index in [2.05, 4.69) is 10.6 Å². The van der Waals surface area contributed by atoms with Crippen LogP contribution < -0.4 is 10.6 Å². The van der Waals surface area contributed by atoms with Crippen molar-refractivity contribution >= 4 is 35.1 Å². The third kappa shape index (κ3) is 6.22. The lowest BCUT2D eigenvalue weighted by Gasteiger charge is -2.18. The van der Waals surface area contributed by atoms with Gasteiger partial charge in [-0.05, 0) is 32.0 Å². The number of likely N-dealkylation sites (N-methyl/N-ethyl adjacent to an activating group) is 1. The van der Waals surface area contributed by atoms with E-state index in [-0.39, 0.29) is 18.5 Å². The average Bonchev–Trinajstić information content (AvgIpc) is 2.43. The lowest BCUT2D eigenvalue weighted by atomic mass is 10.2. The number of hydrogen-bond donors (Lipinski definition) is 2. The van der Waals surface area contributed by atoms with Crippen molar-refractivity contribution in [2.75, 3.05) is 13.6 Å². The second-order valence-electron chi connectivity index (χ2n) is 5.22. The highest BCUT2D eigenvalue weighted by Crippen LogP contribution is 2.26. The van der Waals surface area contributed by atoms with Crippen LogP contribution >= 0.6 is 23.2 Å². The lowest BCUT2D eigenvalue weighted by molar-refractivity contribution is -0.120. The Morgan fingerprint density at radius 1 is 1.32 bits per heavy atom. The number of urea groups is 1. The van der Waals surface area contributed by atoms with Gasteiger partial charge in [-0.2, -0.15) is 0 Å². The smallest absolute Gasteiger partial charge is 0.321 e. The topological polar surface area (TPSA) is 61.4 Å². The lowest BCUT2D eigenvalue weighted by Crippen LogP contribution is -2.46. The molecule has 1 atom stereocenters. The van der Waals surface area contributed by atoms with Crippen molar-refractivity contribution in [1.82, 2.24) is 15.5 Å². The number of hydrogen-bond acceptors (Lipinski definition) is 3. The zero-order valence-corrected chi connectivity index (χ0v) is 14.5. The summed E-state index contributed by atoms with van der Waals surface area (Å²) in [7, 11) is 1.77. The van der Waals surface area contributed by atoms with Crippen molar-refractivity contribution in [1.29, 1.82) is 0 Å². The molecule has 22 heavy (non-hydrogen) atoms. The number of rotatable bonds is 6. The van der Waals surface area contributed by atoms with Crippen LogP contribution in [0.4, 0.5) is 4.79 Å². The van der Waals surface area contributed by atoms with E-state index in [9.17, 15) is 9.59 Å². The van der Waals surface area contributed by atoms with Crippen LogP contribution in [-0.4, -0.2) is 36.5 Å². The fourth-order valence-electron chi connectivity index (χ4n) is 1.79. The van der Waals surface area contributed by atoms with Crippen molar-refractivity contribution in [3.63, 3.8) is 0 Å². The third-order valence-electron chi connectivity index (χ3n) is 3.13. The van der Waals surface area contributed by atoms with Crippen LogP contribution in [0.3, 0.4) is 0 Å². The van der Waals surface area contributed by atoms with Crippen molar-refractivity contribution in [2.24, 2.45) is 0 Å². The maximum Gasteiger partial charge on any atom is 0.321 e. The molecule has 0 aliphatic carbocycles. The molecule has 0 heterocycles. The fraction of sp³-hybridized carbons (Fsp3) is 0.467. The Bertz CT molecular complexity index is 538. The Labute approximate surface area is 141 Å². The van der Waals surface area contributed by atoms with Gasteiger partial charge < -0.3 is 5.32 Å². The van der Waals surface area contributed by atoms with Crippen molar-refractivity contribution in [3.05, 3.63) is 33.8 Å². The molecule has 5 nitrogen and oxygen atoms in total. The molecule has 0 radical (unpaired) electrons. The van der Waals surface area contributed by atoms with Crippen LogP contribution in [0.5, 0.6) is 0 Å². The maximum atomic E-state index is 11.8. The second-order valence-corrected chi connectivity index (χ2v) is 6.00. The summed E-state index contributed by atoms with van der Waals surface area (Å²) in [6, 6.07) is 4.90. The summed E-state index contributed by atoms with van der Waals surface area (Å²) in [4.78, 5) is 25.1. The zero-order valence-electron chi connectivity index (χ0n) is 13.0. The first-order valence-corrected chi connectivity index (χ1v) is 7.80. The van der Waals surface area contributed by atoms with Crippen LogP contribution in [0.2, 0.25) is 10.0 Å². The Balaban J connectivity index is 2.47. The van der Waals surface area contributed by atoms with Gasteiger partial charge in [0.1, 0.15) is 0 Å². The second kappa shape index (κ2) is 8.98. The Kier molecular flexibility index (Phi) is 7.65. The van der Waals surface area contributed by atoms with E-state index in [0.717, 1.165) is 12.0 Å². The summed E-state index contributed by atoms with van der Waals surface area (Å²) in [6.45, 7) is 4.36. The van der Waals surface area contributed by atoms with Crippen molar-refractivity contribution in [3.8, 4) is 0 Å². The molecule has 0 aromatic heterocycles. The minimum Gasteiger partial charge on any atom is -0.335 e. The molecule has 0 bridgehead atoms. The molecule has 0 unspecified atom stereocenters. The molecular formula is C15H21Cl2N3O2. The molecule has 0 saturated carbocycles. The van der Waals surface area contributed by atoms with E-state index in [1.54, 1.807) is 24.1 Å². The van der Waals surface area contributed by atoms with Gasteiger partial charge in [0.2, 0.25) is 5.91 Å². The molecule has 1 aromatic carbocycles. The van der Waals surface area contributed by atoms with Gasteiger partial charge in [0.05, 0.1) is 16.6 Å². The number of benzene rings is 1. The van der Waals surface area contributed by atoms with Crippen molar-refractivity contribution in [2.45, 2.75) is 32.9 Å². The summed E-state index contributed by atoms with van der Waals surface area (Å²) in [5.74, 6) is -0.374. The third-order valence-corrected chi connectivity index (χ3v) is 3.99. The number of amides is 3. The van der Waals surface area contributed by atoms with E-state index >= 15 is 0 Å². The number of nitrogens with one attached hydrogen (secondary N) is 2. The van der Waals surface area contributed by atoms with E-state index in [1.807, 2.05) is 19.9 Å². The molecule has 7 heteroatoms. The van der Waals surface area contributed by atoms with Gasteiger partial charge in [-0.1, -0.05) is 42.3 Å². The number of imide groups is 1. The first kappa shape index (κ1) is 18.7. The molecule has 122 valence electrons. The molecule has 1 aromatic rings. The highest BCUT2D eigenvalue weighted by molar-refractivity contribution is 6.42. The quantitative estimate of drug-likeness (QED) is 0.832. The maximum absolute atomic E-state index is 11.8. The monoisotopic (exact) mass is 345 g/mol. The molecule has 0 fully saturated rings. The number of carbonyl (C=O) groups is 2. The molecule has 0 spiro atoms. The van der Waals surface area contributed by atoms with Gasteiger partial charge in [-0.3, -0.25) is 15.0 Å². The molecule has 2 N–H and O–H groups in total. The molecular weight excluding hydrogens is 325 g/mol. The summed E-state index contributed by atoms with van der Waals surface area (Å²) >= 11 is 12.1. The summed E-state index contributed by atoms with van der Waals surface area (Å²) in [6.07, 6.45) is 0.800. The largest absolute Gasteiger partial charge is 0.335 e. The van der Waals surface area contributed by atoms with E-state index in [0.29, 0.717) is 16.6 Å². The number of halogens is 2. The van der Waals surface area contributed by atoms with Gasteiger partial charge in [-0.25, -0.2) is 4.79 Å². The van der Waals surface area contributed by atoms with Crippen LogP contribution in [0.1, 0.15) is 25.8 Å². The Morgan fingerprint density at radius 3 is 2.64 bits per heavy atom. The zero-order chi connectivity index (χ0) is 16.7. The summed E-state index contributed by atoms with van der Waals surface area (Å²) in [5, 5.41) is 5.92. The molecule has 1 rings (SSSR count). The van der Waals surface area contributed by atoms with Gasteiger partial charge in [-0.15, -0.1) is 0 Å². The first-order valence-electron chi connectivity index (χ1n) is 7.05. The molecule has 0 aliphatic heterocycles. The van der Waals surface area contributed by atoms with Crippen LogP contribution in [0.25, 0.3) is 0 Å². The normalized spacial score (nSPS) is 12.1. The standard InChI is InChI=1S/C15H21Cl2N3O2/c1-4-10(2)18-15(22)19-13(21)9-20(3)8-11-6-5-7-12(16)14(11)17/h5-7,10H,4,8-9H2,1-3H3,(H2,18,19,21,22)/t10-/m1/s1.